The standard InChI is InChI=1S/C13H20N2O5S/c1-7(2)20-12(18)13(5-19-8(3)16)4-15-10(17)9(14)11(15)21-6-13/h7,9,11H,4-6,14H2,1-3H3/t9?,11-,13?/m1/s1. The van der Waals surface area contributed by atoms with E-state index in [1.54, 1.807) is 18.7 Å². The molecule has 0 bridgehead atoms. The SMILES string of the molecule is CC(=O)OCC1(C(=O)OC(C)C)CS[C@@H]2C(N)C(=O)N2C1. The van der Waals surface area contributed by atoms with Crippen molar-refractivity contribution in [2.45, 2.75) is 38.3 Å². The highest BCUT2D eigenvalue weighted by Gasteiger charge is 2.56. The third-order valence-electron chi connectivity index (χ3n) is 3.51. The molecule has 2 rings (SSSR count). The third-order valence-corrected chi connectivity index (χ3v) is 5.12. The summed E-state index contributed by atoms with van der Waals surface area (Å²) in [5.41, 5.74) is 4.71. The molecule has 2 heterocycles. The van der Waals surface area contributed by atoms with E-state index in [0.29, 0.717) is 5.75 Å². The maximum atomic E-state index is 12.4. The zero-order chi connectivity index (χ0) is 15.8. The van der Waals surface area contributed by atoms with Crippen LogP contribution < -0.4 is 5.73 Å². The number of fused-ring (bicyclic) bond motifs is 1. The van der Waals surface area contributed by atoms with E-state index in [1.807, 2.05) is 0 Å². The fourth-order valence-corrected chi connectivity index (χ4v) is 3.84. The van der Waals surface area contributed by atoms with Crippen LogP contribution in [0.15, 0.2) is 0 Å². The first-order valence-corrected chi connectivity index (χ1v) is 7.84. The van der Waals surface area contributed by atoms with Crippen LogP contribution in [0.5, 0.6) is 0 Å². The van der Waals surface area contributed by atoms with Gasteiger partial charge in [-0.15, -0.1) is 11.8 Å². The molecule has 2 aliphatic rings. The number of ether oxygens (including phenoxy) is 2. The van der Waals surface area contributed by atoms with Crippen molar-refractivity contribution in [2.24, 2.45) is 11.1 Å². The molecular weight excluding hydrogens is 296 g/mol. The maximum Gasteiger partial charge on any atom is 0.318 e. The van der Waals surface area contributed by atoms with E-state index >= 15 is 0 Å². The molecule has 2 fully saturated rings. The summed E-state index contributed by atoms with van der Waals surface area (Å²) in [7, 11) is 0. The second-order valence-corrected chi connectivity index (χ2v) is 6.81. The minimum atomic E-state index is -1.02. The normalized spacial score (nSPS) is 31.5. The molecular formula is C13H20N2O5S. The largest absolute Gasteiger partial charge is 0.465 e. The van der Waals surface area contributed by atoms with Crippen molar-refractivity contribution < 1.29 is 23.9 Å². The Balaban J connectivity index is 2.15. The number of β-lactam (4-membered cyclic amide) rings is 1. The summed E-state index contributed by atoms with van der Waals surface area (Å²) < 4.78 is 10.3. The van der Waals surface area contributed by atoms with Crippen LogP contribution >= 0.6 is 11.8 Å². The molecule has 118 valence electrons. The average molecular weight is 316 g/mol. The Kier molecular flexibility index (Phi) is 4.48. The summed E-state index contributed by atoms with van der Waals surface area (Å²) in [5, 5.41) is -0.102. The van der Waals surface area contributed by atoms with Gasteiger partial charge in [-0.05, 0) is 13.8 Å². The van der Waals surface area contributed by atoms with E-state index in [-0.39, 0.29) is 30.5 Å². The molecule has 0 aromatic rings. The maximum absolute atomic E-state index is 12.4. The topological polar surface area (TPSA) is 98.9 Å². The van der Waals surface area contributed by atoms with Crippen LogP contribution in [0.1, 0.15) is 20.8 Å². The van der Waals surface area contributed by atoms with Crippen molar-refractivity contribution in [3.63, 3.8) is 0 Å². The summed E-state index contributed by atoms with van der Waals surface area (Å²) in [6.45, 7) is 4.87. The monoisotopic (exact) mass is 316 g/mol. The minimum Gasteiger partial charge on any atom is -0.465 e. The van der Waals surface area contributed by atoms with E-state index in [9.17, 15) is 14.4 Å². The lowest BCUT2D eigenvalue weighted by Gasteiger charge is -2.52. The van der Waals surface area contributed by atoms with Crippen LogP contribution in [0.4, 0.5) is 0 Å². The second-order valence-electron chi connectivity index (χ2n) is 5.71. The molecule has 0 aromatic carbocycles. The Hall–Kier alpha value is -1.28. The average Bonchev–Trinajstić information content (AvgIpc) is 2.43. The molecule has 2 aliphatic heterocycles. The Morgan fingerprint density at radius 1 is 1.52 bits per heavy atom. The quantitative estimate of drug-likeness (QED) is 0.563. The summed E-state index contributed by atoms with van der Waals surface area (Å²) in [4.78, 5) is 36.8. The number of nitrogens with two attached hydrogens (primary N) is 1. The second kappa shape index (κ2) is 5.84. The van der Waals surface area contributed by atoms with Crippen LogP contribution in [0.3, 0.4) is 0 Å². The zero-order valence-corrected chi connectivity index (χ0v) is 13.1. The predicted molar refractivity (Wildman–Crippen MR) is 76.2 cm³/mol. The van der Waals surface area contributed by atoms with Crippen molar-refractivity contribution in [2.75, 3.05) is 18.9 Å². The van der Waals surface area contributed by atoms with E-state index in [4.69, 9.17) is 15.2 Å². The van der Waals surface area contributed by atoms with Crippen LogP contribution in [-0.4, -0.2) is 59.2 Å². The Morgan fingerprint density at radius 3 is 2.76 bits per heavy atom. The van der Waals surface area contributed by atoms with E-state index < -0.39 is 23.4 Å². The van der Waals surface area contributed by atoms with Crippen molar-refractivity contribution in [3.05, 3.63) is 0 Å². The molecule has 7 nitrogen and oxygen atoms in total. The number of thioether (sulfide) groups is 1. The van der Waals surface area contributed by atoms with E-state index in [0.717, 1.165) is 0 Å². The van der Waals surface area contributed by atoms with Gasteiger partial charge in [0.05, 0.1) is 6.10 Å². The Morgan fingerprint density at radius 2 is 2.19 bits per heavy atom. The van der Waals surface area contributed by atoms with Gasteiger partial charge in [0, 0.05) is 19.2 Å². The predicted octanol–water partition coefficient (Wildman–Crippen LogP) is -0.270. The number of rotatable bonds is 4. The molecule has 21 heavy (non-hydrogen) atoms. The van der Waals surface area contributed by atoms with Crippen LogP contribution in [0, 0.1) is 5.41 Å². The first-order chi connectivity index (χ1) is 9.77. The first kappa shape index (κ1) is 16.1. The molecule has 0 aliphatic carbocycles. The molecule has 2 N–H and O–H groups in total. The van der Waals surface area contributed by atoms with Gasteiger partial charge < -0.3 is 20.1 Å². The number of hydrogen-bond donors (Lipinski definition) is 1. The van der Waals surface area contributed by atoms with Crippen molar-refractivity contribution in [3.8, 4) is 0 Å². The number of carbonyl (C=O) groups is 3. The summed E-state index contributed by atoms with van der Waals surface area (Å²) in [6, 6.07) is -0.511. The molecule has 0 saturated carbocycles. The van der Waals surface area contributed by atoms with Gasteiger partial charge in [0.2, 0.25) is 5.91 Å². The van der Waals surface area contributed by atoms with Crippen molar-refractivity contribution in [1.82, 2.24) is 4.90 Å². The lowest BCUT2D eigenvalue weighted by Crippen LogP contribution is -2.72. The lowest BCUT2D eigenvalue weighted by molar-refractivity contribution is -0.170. The van der Waals surface area contributed by atoms with Gasteiger partial charge in [-0.2, -0.15) is 0 Å². The van der Waals surface area contributed by atoms with Gasteiger partial charge >= 0.3 is 11.9 Å². The van der Waals surface area contributed by atoms with Gasteiger partial charge in [0.25, 0.3) is 0 Å². The van der Waals surface area contributed by atoms with Crippen molar-refractivity contribution >= 4 is 29.6 Å². The summed E-state index contributed by atoms with van der Waals surface area (Å²) >= 11 is 1.43. The zero-order valence-electron chi connectivity index (χ0n) is 12.3. The molecule has 2 unspecified atom stereocenters. The molecule has 2 saturated heterocycles. The third kappa shape index (κ3) is 3.01. The molecule has 0 spiro atoms. The first-order valence-electron chi connectivity index (χ1n) is 6.79. The number of esters is 2. The van der Waals surface area contributed by atoms with Crippen LogP contribution in [-0.2, 0) is 23.9 Å². The summed E-state index contributed by atoms with van der Waals surface area (Å²) in [5.74, 6) is -0.686. The fourth-order valence-electron chi connectivity index (χ4n) is 2.38. The molecule has 3 atom stereocenters. The van der Waals surface area contributed by atoms with Crippen molar-refractivity contribution in [1.29, 1.82) is 0 Å². The van der Waals surface area contributed by atoms with E-state index in [1.165, 1.54) is 18.7 Å². The number of nitrogens with zero attached hydrogens (tertiary/aromatic N) is 1. The number of amides is 1. The van der Waals surface area contributed by atoms with Gasteiger partial charge in [-0.3, -0.25) is 14.4 Å². The van der Waals surface area contributed by atoms with Gasteiger partial charge in [-0.1, -0.05) is 0 Å². The van der Waals surface area contributed by atoms with E-state index in [2.05, 4.69) is 0 Å². The fraction of sp³-hybridized carbons (Fsp3) is 0.769. The molecule has 1 amide bonds. The molecule has 0 aromatic heterocycles. The Labute approximate surface area is 127 Å². The highest BCUT2D eigenvalue weighted by Crippen LogP contribution is 2.42. The minimum absolute atomic E-state index is 0.0907. The highest BCUT2D eigenvalue weighted by atomic mass is 32.2. The van der Waals surface area contributed by atoms with Gasteiger partial charge in [0.1, 0.15) is 23.4 Å². The highest BCUT2D eigenvalue weighted by molar-refractivity contribution is 8.00. The summed E-state index contributed by atoms with van der Waals surface area (Å²) in [6.07, 6.45) is -0.274. The smallest absolute Gasteiger partial charge is 0.318 e. The van der Waals surface area contributed by atoms with Gasteiger partial charge in [0.15, 0.2) is 0 Å². The number of carbonyl (C=O) groups excluding carboxylic acids is 3. The lowest BCUT2D eigenvalue weighted by atomic mass is 9.88. The number of hydrogen-bond acceptors (Lipinski definition) is 7. The Bertz CT molecular complexity index is 469. The molecule has 8 heteroatoms. The van der Waals surface area contributed by atoms with Crippen LogP contribution in [0.25, 0.3) is 0 Å². The molecule has 0 radical (unpaired) electrons. The van der Waals surface area contributed by atoms with Gasteiger partial charge in [-0.25, -0.2) is 0 Å². The van der Waals surface area contributed by atoms with Crippen LogP contribution in [0.2, 0.25) is 0 Å².